The number of fused-ring (bicyclic) bond motifs is 2. The van der Waals surface area contributed by atoms with Gasteiger partial charge in [-0.25, -0.2) is 0 Å². The van der Waals surface area contributed by atoms with E-state index in [1.165, 1.54) is 12.8 Å². The van der Waals surface area contributed by atoms with Gasteiger partial charge in [-0.05, 0) is 33.6 Å². The second kappa shape index (κ2) is 4.00. The molecule has 2 fully saturated rings. The summed E-state index contributed by atoms with van der Waals surface area (Å²) < 4.78 is 0. The van der Waals surface area contributed by atoms with Crippen LogP contribution in [0.4, 0.5) is 0 Å². The van der Waals surface area contributed by atoms with Crippen LogP contribution in [-0.2, 0) is 4.79 Å². The molecule has 1 amide bonds. The smallest absolute Gasteiger partial charge is 0.248 e. The van der Waals surface area contributed by atoms with Crippen LogP contribution in [0.1, 0.15) is 33.6 Å². The molecule has 0 aliphatic carbocycles. The first-order valence-electron chi connectivity index (χ1n) is 6.10. The molecule has 1 N–H and O–H groups in total. The molecule has 0 spiro atoms. The molecule has 4 heteroatoms. The first-order valence-corrected chi connectivity index (χ1v) is 6.10. The number of piperazine rings is 1. The number of hydrogen-bond donors (Lipinski definition) is 1. The standard InChI is InChI=1S/C12H22N2O2/c1-12(2,3)14-9-4-5-10(14)7-13(6-9)11(16)8-15/h9-10,15H,4-8H2,1-3H3. The number of aliphatic hydroxyl groups excluding tert-OH is 1. The minimum atomic E-state index is -0.352. The maximum Gasteiger partial charge on any atom is 0.248 e. The molecule has 0 aromatic rings. The molecular formula is C12H22N2O2. The number of aliphatic hydroxyl groups is 1. The lowest BCUT2D eigenvalue weighted by Gasteiger charge is -2.47. The van der Waals surface area contributed by atoms with E-state index < -0.39 is 0 Å². The summed E-state index contributed by atoms with van der Waals surface area (Å²) in [6.07, 6.45) is 2.36. The Bertz CT molecular complexity index is 271. The molecule has 2 unspecified atom stereocenters. The summed E-state index contributed by atoms with van der Waals surface area (Å²) in [5, 5.41) is 8.90. The van der Waals surface area contributed by atoms with Gasteiger partial charge in [-0.15, -0.1) is 0 Å². The van der Waals surface area contributed by atoms with Crippen molar-refractivity contribution in [3.8, 4) is 0 Å². The van der Waals surface area contributed by atoms with Crippen molar-refractivity contribution in [3.63, 3.8) is 0 Å². The highest BCUT2D eigenvalue weighted by Gasteiger charge is 2.45. The Morgan fingerprint density at radius 1 is 1.25 bits per heavy atom. The number of rotatable bonds is 1. The molecule has 0 saturated carbocycles. The second-order valence-electron chi connectivity index (χ2n) is 5.92. The molecule has 2 heterocycles. The number of hydrogen-bond acceptors (Lipinski definition) is 3. The van der Waals surface area contributed by atoms with Crippen molar-refractivity contribution in [1.29, 1.82) is 0 Å². The van der Waals surface area contributed by atoms with Crippen LogP contribution in [-0.4, -0.2) is 58.1 Å². The zero-order valence-corrected chi connectivity index (χ0v) is 10.4. The molecule has 2 aliphatic heterocycles. The molecule has 16 heavy (non-hydrogen) atoms. The van der Waals surface area contributed by atoms with E-state index in [0.717, 1.165) is 13.1 Å². The average molecular weight is 226 g/mol. The third kappa shape index (κ3) is 1.96. The summed E-state index contributed by atoms with van der Waals surface area (Å²) >= 11 is 0. The SMILES string of the molecule is CC(C)(C)N1C2CCC1CN(C(=O)CO)C2. The normalized spacial score (nSPS) is 30.9. The Morgan fingerprint density at radius 2 is 1.75 bits per heavy atom. The van der Waals surface area contributed by atoms with Crippen molar-refractivity contribution in [2.45, 2.75) is 51.2 Å². The summed E-state index contributed by atoms with van der Waals surface area (Å²) in [6, 6.07) is 0.962. The molecule has 0 radical (unpaired) electrons. The van der Waals surface area contributed by atoms with E-state index in [-0.39, 0.29) is 18.1 Å². The van der Waals surface area contributed by atoms with Gasteiger partial charge in [-0.2, -0.15) is 0 Å². The average Bonchev–Trinajstić information content (AvgIpc) is 2.49. The zero-order valence-electron chi connectivity index (χ0n) is 10.4. The van der Waals surface area contributed by atoms with Crippen LogP contribution in [0.25, 0.3) is 0 Å². The van der Waals surface area contributed by atoms with E-state index in [9.17, 15) is 4.79 Å². The number of carbonyl (C=O) groups is 1. The molecule has 2 aliphatic rings. The minimum absolute atomic E-state index is 0.120. The van der Waals surface area contributed by atoms with Gasteiger partial charge in [0.05, 0.1) is 0 Å². The van der Waals surface area contributed by atoms with E-state index in [0.29, 0.717) is 12.1 Å². The molecular weight excluding hydrogens is 204 g/mol. The maximum atomic E-state index is 11.5. The van der Waals surface area contributed by atoms with Crippen molar-refractivity contribution in [2.75, 3.05) is 19.7 Å². The van der Waals surface area contributed by atoms with Crippen molar-refractivity contribution >= 4 is 5.91 Å². The molecule has 92 valence electrons. The van der Waals surface area contributed by atoms with Gasteiger partial charge >= 0.3 is 0 Å². The molecule has 2 atom stereocenters. The zero-order chi connectivity index (χ0) is 11.9. The van der Waals surface area contributed by atoms with Gasteiger partial charge in [0.15, 0.2) is 0 Å². The predicted molar refractivity (Wildman–Crippen MR) is 62.1 cm³/mol. The number of likely N-dealkylation sites (tertiary alicyclic amines) is 1. The van der Waals surface area contributed by atoms with Crippen LogP contribution in [0.2, 0.25) is 0 Å². The van der Waals surface area contributed by atoms with Gasteiger partial charge in [-0.1, -0.05) is 0 Å². The van der Waals surface area contributed by atoms with Gasteiger partial charge in [-0.3, -0.25) is 9.69 Å². The van der Waals surface area contributed by atoms with Gasteiger partial charge in [0.25, 0.3) is 0 Å². The summed E-state index contributed by atoms with van der Waals surface area (Å²) in [4.78, 5) is 15.9. The fourth-order valence-electron chi connectivity index (χ4n) is 3.30. The maximum absolute atomic E-state index is 11.5. The Labute approximate surface area is 97.2 Å². The first kappa shape index (κ1) is 11.9. The van der Waals surface area contributed by atoms with Crippen LogP contribution in [0, 0.1) is 0 Å². The van der Waals surface area contributed by atoms with Gasteiger partial charge in [0.2, 0.25) is 5.91 Å². The lowest BCUT2D eigenvalue weighted by Crippen LogP contribution is -2.61. The first-order chi connectivity index (χ1) is 7.43. The second-order valence-corrected chi connectivity index (χ2v) is 5.92. The van der Waals surface area contributed by atoms with Crippen molar-refractivity contribution in [1.82, 2.24) is 9.80 Å². The van der Waals surface area contributed by atoms with Crippen LogP contribution in [0.5, 0.6) is 0 Å². The highest BCUT2D eigenvalue weighted by molar-refractivity contribution is 5.77. The van der Waals surface area contributed by atoms with Gasteiger partial charge in [0, 0.05) is 30.7 Å². The summed E-state index contributed by atoms with van der Waals surface area (Å²) in [5.41, 5.74) is 0.181. The largest absolute Gasteiger partial charge is 0.387 e. The van der Waals surface area contributed by atoms with Crippen molar-refractivity contribution in [2.24, 2.45) is 0 Å². The highest BCUT2D eigenvalue weighted by Crippen LogP contribution is 2.35. The predicted octanol–water partition coefficient (Wildman–Crippen LogP) is 0.452. The molecule has 0 aromatic carbocycles. The highest BCUT2D eigenvalue weighted by atomic mass is 16.3. The van der Waals surface area contributed by atoms with Gasteiger partial charge in [0.1, 0.15) is 6.61 Å². The van der Waals surface area contributed by atoms with Crippen LogP contribution in [0.3, 0.4) is 0 Å². The minimum Gasteiger partial charge on any atom is -0.387 e. The summed E-state index contributed by atoms with van der Waals surface area (Å²) in [5.74, 6) is -0.120. The lowest BCUT2D eigenvalue weighted by molar-refractivity contribution is -0.139. The number of amides is 1. The van der Waals surface area contributed by atoms with Crippen LogP contribution < -0.4 is 0 Å². The Kier molecular flexibility index (Phi) is 2.97. The van der Waals surface area contributed by atoms with Gasteiger partial charge < -0.3 is 10.0 Å². The Balaban J connectivity index is 2.10. The fourth-order valence-corrected chi connectivity index (χ4v) is 3.30. The Hall–Kier alpha value is -0.610. The van der Waals surface area contributed by atoms with E-state index in [2.05, 4.69) is 25.7 Å². The van der Waals surface area contributed by atoms with Crippen molar-refractivity contribution < 1.29 is 9.90 Å². The van der Waals surface area contributed by atoms with E-state index >= 15 is 0 Å². The topological polar surface area (TPSA) is 43.8 Å². The van der Waals surface area contributed by atoms with Crippen LogP contribution in [0.15, 0.2) is 0 Å². The quantitative estimate of drug-likeness (QED) is 0.706. The molecule has 4 nitrogen and oxygen atoms in total. The Morgan fingerprint density at radius 3 is 2.12 bits per heavy atom. The van der Waals surface area contributed by atoms with E-state index in [4.69, 9.17) is 5.11 Å². The lowest BCUT2D eigenvalue weighted by atomic mass is 10.0. The third-order valence-corrected chi connectivity index (χ3v) is 3.74. The molecule has 2 rings (SSSR count). The summed E-state index contributed by atoms with van der Waals surface area (Å²) in [7, 11) is 0. The molecule has 0 aromatic heterocycles. The third-order valence-electron chi connectivity index (χ3n) is 3.74. The number of nitrogens with zero attached hydrogens (tertiary/aromatic N) is 2. The molecule has 2 bridgehead atoms. The van der Waals surface area contributed by atoms with E-state index in [1.807, 2.05) is 4.90 Å². The number of carbonyl (C=O) groups excluding carboxylic acids is 1. The summed E-state index contributed by atoms with van der Waals surface area (Å²) in [6.45, 7) is 7.93. The monoisotopic (exact) mass is 226 g/mol. The van der Waals surface area contributed by atoms with E-state index in [1.54, 1.807) is 0 Å². The van der Waals surface area contributed by atoms with Crippen molar-refractivity contribution in [3.05, 3.63) is 0 Å². The molecule has 2 saturated heterocycles. The fraction of sp³-hybridized carbons (Fsp3) is 0.917. The van der Waals surface area contributed by atoms with Crippen LogP contribution >= 0.6 is 0 Å².